The van der Waals surface area contributed by atoms with Gasteiger partial charge in [0.25, 0.3) is 0 Å². The predicted octanol–water partition coefficient (Wildman–Crippen LogP) is 2.45. The molecule has 2 rings (SSSR count). The zero-order valence-corrected chi connectivity index (χ0v) is 10.5. The highest BCUT2D eigenvalue weighted by Gasteiger charge is 2.06. The van der Waals surface area contributed by atoms with Gasteiger partial charge in [0.1, 0.15) is 15.8 Å². The Morgan fingerprint density at radius 1 is 1.35 bits per heavy atom. The minimum Gasteiger partial charge on any atom is -0.494 e. The van der Waals surface area contributed by atoms with Gasteiger partial charge < -0.3 is 10.5 Å². The van der Waals surface area contributed by atoms with Crippen LogP contribution in [0.15, 0.2) is 24.3 Å². The lowest BCUT2D eigenvalue weighted by Gasteiger charge is -2.04. The molecular weight excluding hydrogens is 234 g/mol. The molecule has 1 aromatic carbocycles. The Labute approximate surface area is 104 Å². The summed E-state index contributed by atoms with van der Waals surface area (Å²) in [6.07, 6.45) is 1.00. The fourth-order valence-electron chi connectivity index (χ4n) is 1.39. The van der Waals surface area contributed by atoms with Gasteiger partial charge in [0, 0.05) is 12.1 Å². The van der Waals surface area contributed by atoms with Crippen LogP contribution < -0.4 is 10.5 Å². The molecular formula is C12H15N3OS. The molecule has 4 nitrogen and oxygen atoms in total. The molecule has 17 heavy (non-hydrogen) atoms. The molecule has 0 saturated heterocycles. The maximum atomic E-state index is 5.58. The van der Waals surface area contributed by atoms with Gasteiger partial charge in [0.15, 0.2) is 0 Å². The van der Waals surface area contributed by atoms with E-state index in [2.05, 4.69) is 17.1 Å². The van der Waals surface area contributed by atoms with E-state index in [0.717, 1.165) is 34.4 Å². The molecule has 90 valence electrons. The largest absolute Gasteiger partial charge is 0.494 e. The van der Waals surface area contributed by atoms with Gasteiger partial charge in [-0.15, -0.1) is 10.2 Å². The van der Waals surface area contributed by atoms with Crippen molar-refractivity contribution in [3.63, 3.8) is 0 Å². The van der Waals surface area contributed by atoms with Crippen LogP contribution in [-0.4, -0.2) is 16.8 Å². The summed E-state index contributed by atoms with van der Waals surface area (Å²) in [5, 5.41) is 9.85. The van der Waals surface area contributed by atoms with Crippen LogP contribution in [0.4, 0.5) is 0 Å². The van der Waals surface area contributed by atoms with Gasteiger partial charge >= 0.3 is 0 Å². The van der Waals surface area contributed by atoms with Gasteiger partial charge in [-0.25, -0.2) is 0 Å². The summed E-state index contributed by atoms with van der Waals surface area (Å²) < 4.78 is 5.58. The van der Waals surface area contributed by atoms with Gasteiger partial charge in [-0.2, -0.15) is 0 Å². The SMILES string of the molecule is CCCOc1cccc(-c2nnc(CN)s2)c1. The highest BCUT2D eigenvalue weighted by Crippen LogP contribution is 2.26. The van der Waals surface area contributed by atoms with E-state index < -0.39 is 0 Å². The fourth-order valence-corrected chi connectivity index (χ4v) is 2.11. The van der Waals surface area contributed by atoms with Crippen molar-refractivity contribution in [1.82, 2.24) is 10.2 Å². The third-order valence-corrected chi connectivity index (χ3v) is 3.19. The van der Waals surface area contributed by atoms with E-state index in [0.29, 0.717) is 6.54 Å². The monoisotopic (exact) mass is 249 g/mol. The minimum atomic E-state index is 0.434. The average molecular weight is 249 g/mol. The maximum Gasteiger partial charge on any atom is 0.147 e. The molecule has 0 radical (unpaired) electrons. The van der Waals surface area contributed by atoms with Crippen LogP contribution in [0.2, 0.25) is 0 Å². The lowest BCUT2D eigenvalue weighted by molar-refractivity contribution is 0.317. The molecule has 0 atom stereocenters. The van der Waals surface area contributed by atoms with Gasteiger partial charge in [0.05, 0.1) is 6.61 Å². The zero-order chi connectivity index (χ0) is 12.1. The minimum absolute atomic E-state index is 0.434. The first-order valence-corrected chi connectivity index (χ1v) is 6.41. The molecule has 5 heteroatoms. The first kappa shape index (κ1) is 12.0. The van der Waals surface area contributed by atoms with Gasteiger partial charge in [-0.05, 0) is 18.6 Å². The second-order valence-corrected chi connectivity index (χ2v) is 4.64. The molecule has 0 aliphatic heterocycles. The molecule has 0 bridgehead atoms. The van der Waals surface area contributed by atoms with Crippen LogP contribution in [0, 0.1) is 0 Å². The van der Waals surface area contributed by atoms with Crippen LogP contribution in [0.3, 0.4) is 0 Å². The van der Waals surface area contributed by atoms with Crippen molar-refractivity contribution < 1.29 is 4.74 Å². The third kappa shape index (κ3) is 3.01. The van der Waals surface area contributed by atoms with E-state index >= 15 is 0 Å². The smallest absolute Gasteiger partial charge is 0.147 e. The number of rotatable bonds is 5. The summed E-state index contributed by atoms with van der Waals surface area (Å²) in [6.45, 7) is 3.25. The van der Waals surface area contributed by atoms with Gasteiger partial charge in [-0.3, -0.25) is 0 Å². The normalized spacial score (nSPS) is 10.5. The van der Waals surface area contributed by atoms with E-state index in [1.807, 2.05) is 24.3 Å². The summed E-state index contributed by atoms with van der Waals surface area (Å²) in [5.74, 6) is 0.869. The van der Waals surface area contributed by atoms with Crippen LogP contribution in [0.25, 0.3) is 10.6 Å². The molecule has 0 aliphatic rings. The second kappa shape index (κ2) is 5.75. The maximum absolute atomic E-state index is 5.58. The molecule has 0 unspecified atom stereocenters. The van der Waals surface area contributed by atoms with Crippen LogP contribution >= 0.6 is 11.3 Å². The predicted molar refractivity (Wildman–Crippen MR) is 69.0 cm³/mol. The molecule has 0 saturated carbocycles. The average Bonchev–Trinajstić information content (AvgIpc) is 2.85. The van der Waals surface area contributed by atoms with Crippen molar-refractivity contribution >= 4 is 11.3 Å². The number of nitrogens with zero attached hydrogens (tertiary/aromatic N) is 2. The molecule has 0 aliphatic carbocycles. The summed E-state index contributed by atoms with van der Waals surface area (Å²) in [5.41, 5.74) is 6.54. The van der Waals surface area contributed by atoms with Gasteiger partial charge in [0.2, 0.25) is 0 Å². The number of benzene rings is 1. The number of hydrogen-bond donors (Lipinski definition) is 1. The van der Waals surface area contributed by atoms with Crippen molar-refractivity contribution in [1.29, 1.82) is 0 Å². The van der Waals surface area contributed by atoms with E-state index in [9.17, 15) is 0 Å². The number of aromatic nitrogens is 2. The fraction of sp³-hybridized carbons (Fsp3) is 0.333. The lowest BCUT2D eigenvalue weighted by Crippen LogP contribution is -1.94. The zero-order valence-electron chi connectivity index (χ0n) is 9.72. The summed E-state index contributed by atoms with van der Waals surface area (Å²) in [7, 11) is 0. The Hall–Kier alpha value is -1.46. The molecule has 2 aromatic rings. The Morgan fingerprint density at radius 2 is 2.24 bits per heavy atom. The van der Waals surface area contributed by atoms with Crippen molar-refractivity contribution in [2.24, 2.45) is 5.73 Å². The number of ether oxygens (including phenoxy) is 1. The first-order valence-electron chi connectivity index (χ1n) is 5.59. The molecule has 2 N–H and O–H groups in total. The van der Waals surface area contributed by atoms with E-state index in [-0.39, 0.29) is 0 Å². The van der Waals surface area contributed by atoms with Crippen LogP contribution in [0.1, 0.15) is 18.4 Å². The number of hydrogen-bond acceptors (Lipinski definition) is 5. The Bertz CT molecular complexity index is 484. The number of nitrogens with two attached hydrogens (primary N) is 1. The van der Waals surface area contributed by atoms with E-state index in [1.165, 1.54) is 11.3 Å². The third-order valence-electron chi connectivity index (χ3n) is 2.20. The van der Waals surface area contributed by atoms with Crippen molar-refractivity contribution in [2.75, 3.05) is 6.61 Å². The van der Waals surface area contributed by atoms with E-state index in [1.54, 1.807) is 0 Å². The van der Waals surface area contributed by atoms with Crippen LogP contribution in [-0.2, 0) is 6.54 Å². The van der Waals surface area contributed by atoms with Gasteiger partial charge in [-0.1, -0.05) is 30.4 Å². The molecule has 0 spiro atoms. The Balaban J connectivity index is 2.20. The highest BCUT2D eigenvalue weighted by atomic mass is 32.1. The molecule has 0 amide bonds. The molecule has 1 heterocycles. The van der Waals surface area contributed by atoms with Crippen LogP contribution in [0.5, 0.6) is 5.75 Å². The standard InChI is InChI=1S/C12H15N3OS/c1-2-6-16-10-5-3-4-9(7-10)12-15-14-11(8-13)17-12/h3-5,7H,2,6,8,13H2,1H3. The van der Waals surface area contributed by atoms with Crippen molar-refractivity contribution in [2.45, 2.75) is 19.9 Å². The van der Waals surface area contributed by atoms with E-state index in [4.69, 9.17) is 10.5 Å². The topological polar surface area (TPSA) is 61.0 Å². The highest BCUT2D eigenvalue weighted by molar-refractivity contribution is 7.14. The van der Waals surface area contributed by atoms with Crippen molar-refractivity contribution in [3.05, 3.63) is 29.3 Å². The first-order chi connectivity index (χ1) is 8.33. The molecule has 0 fully saturated rings. The Kier molecular flexibility index (Phi) is 4.06. The Morgan fingerprint density at radius 3 is 2.94 bits per heavy atom. The lowest BCUT2D eigenvalue weighted by atomic mass is 10.2. The summed E-state index contributed by atoms with van der Waals surface area (Å²) in [4.78, 5) is 0. The quantitative estimate of drug-likeness (QED) is 0.884. The summed E-state index contributed by atoms with van der Waals surface area (Å²) in [6, 6.07) is 7.89. The molecule has 1 aromatic heterocycles. The summed E-state index contributed by atoms with van der Waals surface area (Å²) >= 11 is 1.52. The second-order valence-electron chi connectivity index (χ2n) is 3.58. The van der Waals surface area contributed by atoms with Crippen molar-refractivity contribution in [3.8, 4) is 16.3 Å².